The molecule has 0 saturated carbocycles. The predicted molar refractivity (Wildman–Crippen MR) is 91.1 cm³/mol. The van der Waals surface area contributed by atoms with Crippen LogP contribution in [0.2, 0.25) is 10.0 Å². The molecule has 1 aliphatic rings. The van der Waals surface area contributed by atoms with Crippen molar-refractivity contribution in [1.29, 1.82) is 0 Å². The highest BCUT2D eigenvalue weighted by atomic mass is 35.5. The fourth-order valence-electron chi connectivity index (χ4n) is 2.61. The molecule has 1 aliphatic heterocycles. The molecule has 1 amide bonds. The first-order valence-electron chi connectivity index (χ1n) is 7.35. The Hall–Kier alpha value is -2.09. The molecule has 136 valence electrons. The molecule has 0 radical (unpaired) electrons. The molecular weight excluding hydrogens is 392 g/mol. The van der Waals surface area contributed by atoms with Gasteiger partial charge in [-0.1, -0.05) is 47.5 Å². The molecule has 0 saturated heterocycles. The Bertz CT molecular complexity index is 884. The van der Waals surface area contributed by atoms with Gasteiger partial charge in [-0.3, -0.25) is 4.79 Å². The van der Waals surface area contributed by atoms with E-state index in [9.17, 15) is 23.1 Å². The van der Waals surface area contributed by atoms with Crippen molar-refractivity contribution in [2.24, 2.45) is 5.10 Å². The minimum absolute atomic E-state index is 0.0339. The van der Waals surface area contributed by atoms with Gasteiger partial charge in [-0.2, -0.15) is 23.3 Å². The summed E-state index contributed by atoms with van der Waals surface area (Å²) >= 11 is 11.8. The largest absolute Gasteiger partial charge is 0.431 e. The summed E-state index contributed by atoms with van der Waals surface area (Å²) in [5.74, 6) is -0.952. The van der Waals surface area contributed by atoms with E-state index in [4.69, 9.17) is 23.2 Å². The molecule has 3 rings (SSSR count). The van der Waals surface area contributed by atoms with Gasteiger partial charge in [-0.05, 0) is 24.3 Å². The number of benzene rings is 2. The molecular formula is C17H11Cl2F3N2O2. The molecule has 0 aliphatic carbocycles. The third-order valence-electron chi connectivity index (χ3n) is 3.92. The second kappa shape index (κ2) is 6.57. The van der Waals surface area contributed by atoms with E-state index in [2.05, 4.69) is 5.10 Å². The van der Waals surface area contributed by atoms with Gasteiger partial charge in [0, 0.05) is 10.6 Å². The number of rotatable bonds is 2. The third kappa shape index (κ3) is 3.30. The Balaban J connectivity index is 2.10. The van der Waals surface area contributed by atoms with Crippen molar-refractivity contribution in [2.45, 2.75) is 18.3 Å². The van der Waals surface area contributed by atoms with Crippen LogP contribution in [-0.4, -0.2) is 27.9 Å². The third-order valence-corrected chi connectivity index (χ3v) is 4.50. The molecule has 0 bridgehead atoms. The summed E-state index contributed by atoms with van der Waals surface area (Å²) in [5, 5.41) is 15.1. The standard InChI is InChI=1S/C17H11Cl2F3N2O2/c18-11-7-5-10(6-8-11)16(26)9-14(17(20,21)22)23-24(16)15(25)12-3-1-2-4-13(12)19/h1-8,26H,9H2/t16-/m1/s1. The van der Waals surface area contributed by atoms with Crippen molar-refractivity contribution in [3.63, 3.8) is 0 Å². The lowest BCUT2D eigenvalue weighted by Crippen LogP contribution is -2.43. The van der Waals surface area contributed by atoms with Crippen molar-refractivity contribution >= 4 is 34.8 Å². The van der Waals surface area contributed by atoms with Gasteiger partial charge in [0.05, 0.1) is 17.0 Å². The van der Waals surface area contributed by atoms with Gasteiger partial charge < -0.3 is 5.11 Å². The molecule has 1 heterocycles. The lowest BCUT2D eigenvalue weighted by molar-refractivity contribution is -0.0815. The average molecular weight is 403 g/mol. The maximum absolute atomic E-state index is 13.2. The van der Waals surface area contributed by atoms with Crippen molar-refractivity contribution in [3.05, 3.63) is 69.7 Å². The molecule has 4 nitrogen and oxygen atoms in total. The maximum Gasteiger partial charge on any atom is 0.431 e. The van der Waals surface area contributed by atoms with E-state index in [0.29, 0.717) is 10.0 Å². The predicted octanol–water partition coefficient (Wildman–Crippen LogP) is 4.60. The zero-order valence-corrected chi connectivity index (χ0v) is 14.5. The fourth-order valence-corrected chi connectivity index (χ4v) is 2.95. The number of hydrogen-bond acceptors (Lipinski definition) is 3. The number of alkyl halides is 3. The molecule has 1 atom stereocenters. The van der Waals surface area contributed by atoms with Crippen LogP contribution in [0.4, 0.5) is 13.2 Å². The molecule has 0 aromatic heterocycles. The van der Waals surface area contributed by atoms with E-state index < -0.39 is 29.9 Å². The van der Waals surface area contributed by atoms with E-state index in [1.165, 1.54) is 42.5 Å². The monoisotopic (exact) mass is 402 g/mol. The summed E-state index contributed by atoms with van der Waals surface area (Å²) in [7, 11) is 0. The lowest BCUT2D eigenvalue weighted by Gasteiger charge is -2.31. The van der Waals surface area contributed by atoms with Gasteiger partial charge in [0.1, 0.15) is 5.71 Å². The maximum atomic E-state index is 13.2. The Labute approximate surface area is 156 Å². The van der Waals surface area contributed by atoms with Crippen LogP contribution in [0, 0.1) is 0 Å². The van der Waals surface area contributed by atoms with Gasteiger partial charge in [-0.15, -0.1) is 0 Å². The number of carbonyl (C=O) groups is 1. The number of hydrogen-bond donors (Lipinski definition) is 1. The molecule has 1 N–H and O–H groups in total. The minimum atomic E-state index is -4.80. The second-order valence-electron chi connectivity index (χ2n) is 5.64. The summed E-state index contributed by atoms with van der Waals surface area (Å²) in [6.45, 7) is 0. The first-order valence-corrected chi connectivity index (χ1v) is 8.11. The molecule has 9 heteroatoms. The molecule has 2 aromatic carbocycles. The Kier molecular flexibility index (Phi) is 4.72. The van der Waals surface area contributed by atoms with Crippen LogP contribution in [-0.2, 0) is 5.72 Å². The number of halogens is 5. The number of hydrazone groups is 1. The van der Waals surface area contributed by atoms with Crippen molar-refractivity contribution in [1.82, 2.24) is 5.01 Å². The van der Waals surface area contributed by atoms with Crippen LogP contribution < -0.4 is 0 Å². The number of carbonyl (C=O) groups excluding carboxylic acids is 1. The van der Waals surface area contributed by atoms with Gasteiger partial charge in [-0.25, -0.2) is 0 Å². The van der Waals surface area contributed by atoms with E-state index in [1.807, 2.05) is 0 Å². The van der Waals surface area contributed by atoms with Gasteiger partial charge >= 0.3 is 6.18 Å². The summed E-state index contributed by atoms with van der Waals surface area (Å²) in [6.07, 6.45) is -5.70. The number of aliphatic hydroxyl groups is 1. The molecule has 2 aromatic rings. The highest BCUT2D eigenvalue weighted by Crippen LogP contribution is 2.41. The Morgan fingerprint density at radius 2 is 1.73 bits per heavy atom. The Morgan fingerprint density at radius 1 is 1.12 bits per heavy atom. The highest BCUT2D eigenvalue weighted by molar-refractivity contribution is 6.33. The number of nitrogens with zero attached hydrogens (tertiary/aromatic N) is 2. The van der Waals surface area contributed by atoms with Gasteiger partial charge in [0.15, 0.2) is 5.72 Å². The van der Waals surface area contributed by atoms with Crippen molar-refractivity contribution < 1.29 is 23.1 Å². The topological polar surface area (TPSA) is 52.9 Å². The summed E-state index contributed by atoms with van der Waals surface area (Å²) < 4.78 is 39.5. The fraction of sp³-hybridized carbons (Fsp3) is 0.176. The SMILES string of the molecule is O=C(c1ccccc1Cl)N1N=C(C(F)(F)F)C[C@@]1(O)c1ccc(Cl)cc1. The molecule has 0 fully saturated rings. The van der Waals surface area contributed by atoms with Crippen molar-refractivity contribution in [2.75, 3.05) is 0 Å². The minimum Gasteiger partial charge on any atom is -0.365 e. The highest BCUT2D eigenvalue weighted by Gasteiger charge is 2.53. The molecule has 0 spiro atoms. The summed E-state index contributed by atoms with van der Waals surface area (Å²) in [4.78, 5) is 12.8. The van der Waals surface area contributed by atoms with E-state index >= 15 is 0 Å². The zero-order valence-electron chi connectivity index (χ0n) is 13.0. The van der Waals surface area contributed by atoms with Gasteiger partial charge in [0.2, 0.25) is 0 Å². The zero-order chi connectivity index (χ0) is 19.1. The molecule has 0 unspecified atom stereocenters. The number of amides is 1. The van der Waals surface area contributed by atoms with E-state index in [0.717, 1.165) is 0 Å². The second-order valence-corrected chi connectivity index (χ2v) is 6.49. The van der Waals surface area contributed by atoms with Crippen LogP contribution in [0.3, 0.4) is 0 Å². The lowest BCUT2D eigenvalue weighted by atomic mass is 9.96. The van der Waals surface area contributed by atoms with Crippen LogP contribution in [0.15, 0.2) is 53.6 Å². The van der Waals surface area contributed by atoms with E-state index in [1.54, 1.807) is 6.07 Å². The molecule has 26 heavy (non-hydrogen) atoms. The van der Waals surface area contributed by atoms with Crippen LogP contribution in [0.5, 0.6) is 0 Å². The normalized spacial score (nSPS) is 20.2. The smallest absolute Gasteiger partial charge is 0.365 e. The van der Waals surface area contributed by atoms with Crippen LogP contribution in [0.25, 0.3) is 0 Å². The quantitative estimate of drug-likeness (QED) is 0.797. The summed E-state index contributed by atoms with van der Waals surface area (Å²) in [5.41, 5.74) is -3.61. The Morgan fingerprint density at radius 3 is 2.31 bits per heavy atom. The van der Waals surface area contributed by atoms with Crippen LogP contribution >= 0.6 is 23.2 Å². The van der Waals surface area contributed by atoms with Gasteiger partial charge in [0.25, 0.3) is 5.91 Å². The summed E-state index contributed by atoms with van der Waals surface area (Å²) in [6, 6.07) is 11.3. The van der Waals surface area contributed by atoms with E-state index in [-0.39, 0.29) is 16.1 Å². The van der Waals surface area contributed by atoms with Crippen LogP contribution in [0.1, 0.15) is 22.3 Å². The first-order chi connectivity index (χ1) is 12.1. The average Bonchev–Trinajstić information content (AvgIpc) is 2.94. The first kappa shape index (κ1) is 18.7. The van der Waals surface area contributed by atoms with Crippen molar-refractivity contribution in [3.8, 4) is 0 Å².